The first-order chi connectivity index (χ1) is 9.06. The van der Waals surface area contributed by atoms with E-state index in [1.165, 1.54) is 0 Å². The standard InChI is InChI=1S/C13H17NO5/c1-3-10-6-9(4-5-11(10)18-2)8-19-13(17)14-7-12(15)16/h4-6H,3,7-8H2,1-2H3,(H,14,17)(H,15,16). The van der Waals surface area contributed by atoms with Crippen molar-refractivity contribution < 1.29 is 24.2 Å². The molecule has 0 aromatic heterocycles. The molecule has 1 rings (SSSR count). The molecule has 0 bridgehead atoms. The molecule has 0 saturated heterocycles. The van der Waals surface area contributed by atoms with Gasteiger partial charge in [-0.3, -0.25) is 4.79 Å². The van der Waals surface area contributed by atoms with Crippen LogP contribution in [0.1, 0.15) is 18.1 Å². The number of ether oxygens (including phenoxy) is 2. The van der Waals surface area contributed by atoms with Gasteiger partial charge in [-0.15, -0.1) is 0 Å². The molecule has 0 aliphatic rings. The van der Waals surface area contributed by atoms with Crippen LogP contribution in [-0.2, 0) is 22.6 Å². The number of carbonyl (C=O) groups is 2. The van der Waals surface area contributed by atoms with E-state index in [4.69, 9.17) is 14.6 Å². The second-order valence-corrected chi connectivity index (χ2v) is 3.82. The SMILES string of the molecule is CCc1cc(COC(=O)NCC(=O)O)ccc1OC. The number of carbonyl (C=O) groups excluding carboxylic acids is 1. The number of benzene rings is 1. The van der Waals surface area contributed by atoms with Crippen molar-refractivity contribution in [2.24, 2.45) is 0 Å². The maximum atomic E-state index is 11.2. The van der Waals surface area contributed by atoms with Crippen LogP contribution in [0, 0.1) is 0 Å². The van der Waals surface area contributed by atoms with Crippen molar-refractivity contribution in [1.82, 2.24) is 5.32 Å². The Morgan fingerprint density at radius 1 is 1.37 bits per heavy atom. The lowest BCUT2D eigenvalue weighted by atomic mass is 10.1. The molecular weight excluding hydrogens is 250 g/mol. The lowest BCUT2D eigenvalue weighted by Gasteiger charge is -2.10. The van der Waals surface area contributed by atoms with Crippen LogP contribution in [0.15, 0.2) is 18.2 Å². The summed E-state index contributed by atoms with van der Waals surface area (Å²) in [7, 11) is 1.60. The zero-order chi connectivity index (χ0) is 14.3. The van der Waals surface area contributed by atoms with Crippen molar-refractivity contribution >= 4 is 12.1 Å². The quantitative estimate of drug-likeness (QED) is 0.817. The molecule has 6 nitrogen and oxygen atoms in total. The first kappa shape index (κ1) is 14.8. The number of methoxy groups -OCH3 is 1. The van der Waals surface area contributed by atoms with E-state index in [2.05, 4.69) is 5.32 Å². The third-order valence-electron chi connectivity index (χ3n) is 2.48. The van der Waals surface area contributed by atoms with Crippen molar-refractivity contribution in [3.05, 3.63) is 29.3 Å². The van der Waals surface area contributed by atoms with Gasteiger partial charge in [-0.2, -0.15) is 0 Å². The first-order valence-electron chi connectivity index (χ1n) is 5.85. The molecule has 0 saturated carbocycles. The minimum atomic E-state index is -1.12. The van der Waals surface area contributed by atoms with Crippen LogP contribution >= 0.6 is 0 Å². The minimum Gasteiger partial charge on any atom is -0.496 e. The molecule has 0 aliphatic carbocycles. The lowest BCUT2D eigenvalue weighted by molar-refractivity contribution is -0.135. The Morgan fingerprint density at radius 3 is 2.68 bits per heavy atom. The summed E-state index contributed by atoms with van der Waals surface area (Å²) in [4.78, 5) is 21.4. The second-order valence-electron chi connectivity index (χ2n) is 3.82. The predicted octanol–water partition coefficient (Wildman–Crippen LogP) is 1.57. The topological polar surface area (TPSA) is 84.9 Å². The average molecular weight is 267 g/mol. The fourth-order valence-electron chi connectivity index (χ4n) is 1.55. The molecule has 2 N–H and O–H groups in total. The van der Waals surface area contributed by atoms with Crippen LogP contribution in [0.3, 0.4) is 0 Å². The van der Waals surface area contributed by atoms with Crippen LogP contribution in [0.2, 0.25) is 0 Å². The maximum absolute atomic E-state index is 11.2. The van der Waals surface area contributed by atoms with Gasteiger partial charge in [-0.05, 0) is 29.7 Å². The molecule has 1 aromatic rings. The predicted molar refractivity (Wildman–Crippen MR) is 68.2 cm³/mol. The van der Waals surface area contributed by atoms with Crippen molar-refractivity contribution in [2.45, 2.75) is 20.0 Å². The lowest BCUT2D eigenvalue weighted by Crippen LogP contribution is -2.29. The molecule has 0 aliphatic heterocycles. The number of rotatable bonds is 6. The van der Waals surface area contributed by atoms with Crippen molar-refractivity contribution in [2.75, 3.05) is 13.7 Å². The Balaban J connectivity index is 2.53. The van der Waals surface area contributed by atoms with Crippen molar-refractivity contribution in [3.63, 3.8) is 0 Å². The summed E-state index contributed by atoms with van der Waals surface area (Å²) in [5, 5.41) is 10.5. The van der Waals surface area contributed by atoms with Gasteiger partial charge in [0, 0.05) is 0 Å². The van der Waals surface area contributed by atoms with E-state index in [-0.39, 0.29) is 6.61 Å². The Labute approximate surface area is 111 Å². The smallest absolute Gasteiger partial charge is 0.407 e. The number of hydrogen-bond donors (Lipinski definition) is 2. The van der Waals surface area contributed by atoms with E-state index in [9.17, 15) is 9.59 Å². The van der Waals surface area contributed by atoms with Gasteiger partial charge < -0.3 is 19.9 Å². The molecule has 0 spiro atoms. The molecule has 104 valence electrons. The zero-order valence-electron chi connectivity index (χ0n) is 10.9. The highest BCUT2D eigenvalue weighted by Gasteiger charge is 2.07. The van der Waals surface area contributed by atoms with Crippen molar-refractivity contribution in [1.29, 1.82) is 0 Å². The summed E-state index contributed by atoms with van der Waals surface area (Å²) < 4.78 is 10.1. The number of hydrogen-bond acceptors (Lipinski definition) is 4. The maximum Gasteiger partial charge on any atom is 0.407 e. The van der Waals surface area contributed by atoms with Gasteiger partial charge in [-0.25, -0.2) is 4.79 Å². The van der Waals surface area contributed by atoms with Gasteiger partial charge in [0.05, 0.1) is 7.11 Å². The molecule has 19 heavy (non-hydrogen) atoms. The van der Waals surface area contributed by atoms with Crippen LogP contribution in [0.5, 0.6) is 5.75 Å². The highest BCUT2D eigenvalue weighted by molar-refractivity contribution is 5.76. The van der Waals surface area contributed by atoms with Gasteiger partial charge in [0.25, 0.3) is 0 Å². The largest absolute Gasteiger partial charge is 0.496 e. The molecule has 0 atom stereocenters. The molecule has 6 heteroatoms. The highest BCUT2D eigenvalue weighted by Crippen LogP contribution is 2.20. The minimum absolute atomic E-state index is 0.0858. The molecule has 1 amide bonds. The number of aryl methyl sites for hydroxylation is 1. The Morgan fingerprint density at radius 2 is 2.11 bits per heavy atom. The van der Waals surface area contributed by atoms with Crippen LogP contribution in [0.4, 0.5) is 4.79 Å². The molecule has 0 heterocycles. The van der Waals surface area contributed by atoms with E-state index in [1.807, 2.05) is 19.1 Å². The molecule has 0 radical (unpaired) electrons. The third-order valence-corrected chi connectivity index (χ3v) is 2.48. The summed E-state index contributed by atoms with van der Waals surface area (Å²) in [6.45, 7) is 1.63. The Bertz CT molecular complexity index is 458. The summed E-state index contributed by atoms with van der Waals surface area (Å²) in [5.74, 6) is -0.323. The number of aliphatic carboxylic acids is 1. The number of carboxylic acid groups (broad SMARTS) is 1. The van der Waals surface area contributed by atoms with E-state index in [0.29, 0.717) is 0 Å². The zero-order valence-corrected chi connectivity index (χ0v) is 10.9. The number of amides is 1. The van der Waals surface area contributed by atoms with Crippen LogP contribution < -0.4 is 10.1 Å². The number of carboxylic acids is 1. The van der Waals surface area contributed by atoms with Gasteiger partial charge in [0.15, 0.2) is 0 Å². The Kier molecular flexibility index (Phi) is 5.66. The van der Waals surface area contributed by atoms with Gasteiger partial charge in [-0.1, -0.05) is 13.0 Å². The van der Waals surface area contributed by atoms with Gasteiger partial charge in [0.2, 0.25) is 0 Å². The fourth-order valence-corrected chi connectivity index (χ4v) is 1.55. The van der Waals surface area contributed by atoms with E-state index >= 15 is 0 Å². The van der Waals surface area contributed by atoms with Crippen LogP contribution in [-0.4, -0.2) is 30.8 Å². The summed E-state index contributed by atoms with van der Waals surface area (Å²) >= 11 is 0. The third kappa shape index (κ3) is 4.87. The summed E-state index contributed by atoms with van der Waals surface area (Å²) in [5.41, 5.74) is 1.85. The Hall–Kier alpha value is -2.24. The van der Waals surface area contributed by atoms with Gasteiger partial charge in [0.1, 0.15) is 18.9 Å². The molecule has 0 fully saturated rings. The average Bonchev–Trinajstić information content (AvgIpc) is 2.42. The summed E-state index contributed by atoms with van der Waals surface area (Å²) in [6, 6.07) is 5.50. The molecule has 1 aromatic carbocycles. The van der Waals surface area contributed by atoms with Crippen LogP contribution in [0.25, 0.3) is 0 Å². The van der Waals surface area contributed by atoms with E-state index < -0.39 is 18.6 Å². The van der Waals surface area contributed by atoms with Gasteiger partial charge >= 0.3 is 12.1 Å². The normalized spacial score (nSPS) is 9.79. The molecule has 0 unspecified atom stereocenters. The monoisotopic (exact) mass is 267 g/mol. The molecular formula is C13H17NO5. The number of nitrogens with one attached hydrogen (secondary N) is 1. The van der Waals surface area contributed by atoms with E-state index in [0.717, 1.165) is 23.3 Å². The number of alkyl carbamates (subject to hydrolysis) is 1. The van der Waals surface area contributed by atoms with E-state index in [1.54, 1.807) is 13.2 Å². The van der Waals surface area contributed by atoms with Crippen molar-refractivity contribution in [3.8, 4) is 5.75 Å². The highest BCUT2D eigenvalue weighted by atomic mass is 16.5. The fraction of sp³-hybridized carbons (Fsp3) is 0.385. The second kappa shape index (κ2) is 7.25. The first-order valence-corrected chi connectivity index (χ1v) is 5.85. The summed E-state index contributed by atoms with van der Waals surface area (Å²) in [6.07, 6.45) is 0.0543.